The number of thioether (sulfide) groups is 1. The Morgan fingerprint density at radius 2 is 2.25 bits per heavy atom. The van der Waals surface area contributed by atoms with Crippen LogP contribution in [0.1, 0.15) is 10.4 Å². The number of hydrogen-bond donors (Lipinski definition) is 0. The molecule has 0 N–H and O–H groups in total. The van der Waals surface area contributed by atoms with Gasteiger partial charge in [0.15, 0.2) is 6.29 Å². The first-order valence-corrected chi connectivity index (χ1v) is 5.02. The van der Waals surface area contributed by atoms with Crippen LogP contribution in [0.5, 0.6) is 0 Å². The molecule has 0 aliphatic carbocycles. The lowest BCUT2D eigenvalue weighted by Gasteiger charge is -2.02. The lowest BCUT2D eigenvalue weighted by molar-refractivity contribution is 0.112. The van der Waals surface area contributed by atoms with Crippen molar-refractivity contribution < 1.29 is 4.79 Å². The van der Waals surface area contributed by atoms with Crippen LogP contribution in [0.25, 0.3) is 0 Å². The van der Waals surface area contributed by atoms with Crippen LogP contribution in [-0.4, -0.2) is 17.5 Å². The van der Waals surface area contributed by atoms with Crippen LogP contribution in [0.15, 0.2) is 11.2 Å². The summed E-state index contributed by atoms with van der Waals surface area (Å²) in [5, 5.41) is 1.22. The number of aromatic nitrogens is 1. The first-order chi connectivity index (χ1) is 5.70. The molecule has 1 aromatic heterocycles. The van der Waals surface area contributed by atoms with Gasteiger partial charge in [-0.05, 0) is 6.26 Å². The summed E-state index contributed by atoms with van der Waals surface area (Å²) in [5.41, 5.74) is 0.303. The Kier molecular flexibility index (Phi) is 3.38. The fraction of sp³-hybridized carbons (Fsp3) is 0.143. The van der Waals surface area contributed by atoms with Crippen molar-refractivity contribution in [2.75, 3.05) is 6.26 Å². The molecular formula is C7H5Cl2NOS. The van der Waals surface area contributed by atoms with Crippen LogP contribution in [0.3, 0.4) is 0 Å². The molecule has 5 heteroatoms. The molecule has 0 radical (unpaired) electrons. The normalized spacial score (nSPS) is 9.92. The Labute approximate surface area is 84.3 Å². The van der Waals surface area contributed by atoms with E-state index in [1.54, 1.807) is 0 Å². The lowest BCUT2D eigenvalue weighted by atomic mass is 10.3. The maximum absolute atomic E-state index is 10.5. The Hall–Kier alpha value is -0.250. The topological polar surface area (TPSA) is 30.0 Å². The van der Waals surface area contributed by atoms with Crippen molar-refractivity contribution in [2.24, 2.45) is 0 Å². The molecule has 0 spiro atoms. The smallest absolute Gasteiger partial charge is 0.153 e. The second-order valence-electron chi connectivity index (χ2n) is 1.96. The molecule has 1 aromatic rings. The zero-order chi connectivity index (χ0) is 9.14. The van der Waals surface area contributed by atoms with Crippen LogP contribution in [-0.2, 0) is 0 Å². The minimum absolute atomic E-state index is 0.285. The van der Waals surface area contributed by atoms with Crippen molar-refractivity contribution in [1.29, 1.82) is 0 Å². The standard InChI is InChI=1S/C7H5Cl2NOS/c1-12-7-6(9)4(3-11)5(8)2-10-7/h2-3H,1H3. The highest BCUT2D eigenvalue weighted by molar-refractivity contribution is 7.98. The highest BCUT2D eigenvalue weighted by Crippen LogP contribution is 2.29. The monoisotopic (exact) mass is 221 g/mol. The van der Waals surface area contributed by atoms with Gasteiger partial charge in [0.25, 0.3) is 0 Å². The first-order valence-electron chi connectivity index (χ1n) is 3.04. The molecule has 0 aromatic carbocycles. The van der Waals surface area contributed by atoms with Crippen LogP contribution in [0, 0.1) is 0 Å². The molecule has 64 valence electrons. The fourth-order valence-corrected chi connectivity index (χ4v) is 1.82. The summed E-state index contributed by atoms with van der Waals surface area (Å²) >= 11 is 12.9. The van der Waals surface area contributed by atoms with E-state index in [1.165, 1.54) is 18.0 Å². The van der Waals surface area contributed by atoms with E-state index in [1.807, 2.05) is 6.26 Å². The summed E-state index contributed by atoms with van der Waals surface area (Å²) in [7, 11) is 0. The molecule has 0 saturated carbocycles. The summed E-state index contributed by atoms with van der Waals surface area (Å²) in [5.74, 6) is 0. The van der Waals surface area contributed by atoms with Gasteiger partial charge in [0.2, 0.25) is 0 Å². The highest BCUT2D eigenvalue weighted by atomic mass is 35.5. The van der Waals surface area contributed by atoms with E-state index >= 15 is 0 Å². The lowest BCUT2D eigenvalue weighted by Crippen LogP contribution is -1.89. The van der Waals surface area contributed by atoms with Crippen LogP contribution >= 0.6 is 35.0 Å². The number of nitrogens with zero attached hydrogens (tertiary/aromatic N) is 1. The van der Waals surface area contributed by atoms with E-state index < -0.39 is 0 Å². The molecule has 1 rings (SSSR count). The van der Waals surface area contributed by atoms with Crippen LogP contribution in [0.4, 0.5) is 0 Å². The maximum atomic E-state index is 10.5. The molecule has 0 amide bonds. The third-order valence-electron chi connectivity index (χ3n) is 1.29. The van der Waals surface area contributed by atoms with Gasteiger partial charge in [-0.3, -0.25) is 4.79 Å². The predicted octanol–water partition coefficient (Wildman–Crippen LogP) is 2.92. The molecule has 0 unspecified atom stereocenters. The molecule has 0 atom stereocenters. The zero-order valence-electron chi connectivity index (χ0n) is 6.17. The summed E-state index contributed by atoms with van der Waals surface area (Å²) in [6.45, 7) is 0. The third-order valence-corrected chi connectivity index (χ3v) is 2.78. The van der Waals surface area contributed by atoms with Gasteiger partial charge in [0, 0.05) is 6.20 Å². The van der Waals surface area contributed by atoms with Gasteiger partial charge in [-0.2, -0.15) is 0 Å². The zero-order valence-corrected chi connectivity index (χ0v) is 8.50. The van der Waals surface area contributed by atoms with Gasteiger partial charge in [-0.1, -0.05) is 23.2 Å². The SMILES string of the molecule is CSc1ncc(Cl)c(C=O)c1Cl. The number of pyridine rings is 1. The number of aldehydes is 1. The van der Waals surface area contributed by atoms with Gasteiger partial charge in [-0.25, -0.2) is 4.98 Å². The van der Waals surface area contributed by atoms with Crippen molar-refractivity contribution >= 4 is 41.2 Å². The molecule has 1 heterocycles. The number of carbonyl (C=O) groups is 1. The second-order valence-corrected chi connectivity index (χ2v) is 3.54. The summed E-state index contributed by atoms with van der Waals surface area (Å²) in [6.07, 6.45) is 3.88. The third kappa shape index (κ3) is 1.73. The van der Waals surface area contributed by atoms with E-state index in [9.17, 15) is 4.79 Å². The van der Waals surface area contributed by atoms with Gasteiger partial charge in [0.05, 0.1) is 15.6 Å². The molecule has 0 aliphatic heterocycles. The number of rotatable bonds is 2. The van der Waals surface area contributed by atoms with E-state index in [-0.39, 0.29) is 5.02 Å². The van der Waals surface area contributed by atoms with E-state index in [2.05, 4.69) is 4.98 Å². The van der Waals surface area contributed by atoms with Crippen molar-refractivity contribution in [2.45, 2.75) is 5.03 Å². The Balaban J connectivity index is 3.33. The minimum atomic E-state index is 0.285. The average Bonchev–Trinajstić information content (AvgIpc) is 2.06. The van der Waals surface area contributed by atoms with E-state index in [4.69, 9.17) is 23.2 Å². The van der Waals surface area contributed by atoms with Gasteiger partial charge < -0.3 is 0 Å². The second kappa shape index (κ2) is 4.12. The quantitative estimate of drug-likeness (QED) is 0.569. The van der Waals surface area contributed by atoms with Crippen molar-refractivity contribution in [3.05, 3.63) is 21.8 Å². The molecular weight excluding hydrogens is 217 g/mol. The summed E-state index contributed by atoms with van der Waals surface area (Å²) < 4.78 is 0. The molecule has 0 aliphatic rings. The number of hydrogen-bond acceptors (Lipinski definition) is 3. The van der Waals surface area contributed by atoms with Crippen molar-refractivity contribution in [1.82, 2.24) is 4.98 Å². The fourth-order valence-electron chi connectivity index (χ4n) is 0.712. The van der Waals surface area contributed by atoms with Gasteiger partial charge in [-0.15, -0.1) is 11.8 Å². The Morgan fingerprint density at radius 3 is 2.75 bits per heavy atom. The summed E-state index contributed by atoms with van der Waals surface area (Å²) in [6, 6.07) is 0. The molecule has 0 bridgehead atoms. The Bertz CT molecular complexity index is 317. The van der Waals surface area contributed by atoms with E-state index in [0.717, 1.165) is 0 Å². The molecule has 2 nitrogen and oxygen atoms in total. The highest BCUT2D eigenvalue weighted by Gasteiger charge is 2.09. The van der Waals surface area contributed by atoms with E-state index in [0.29, 0.717) is 21.9 Å². The minimum Gasteiger partial charge on any atom is -0.298 e. The van der Waals surface area contributed by atoms with Gasteiger partial charge in [0.1, 0.15) is 5.03 Å². The number of carbonyl (C=O) groups excluding carboxylic acids is 1. The first kappa shape index (κ1) is 9.84. The van der Waals surface area contributed by atoms with Gasteiger partial charge >= 0.3 is 0 Å². The average molecular weight is 222 g/mol. The maximum Gasteiger partial charge on any atom is 0.153 e. The van der Waals surface area contributed by atoms with Crippen molar-refractivity contribution in [3.8, 4) is 0 Å². The van der Waals surface area contributed by atoms with Crippen molar-refractivity contribution in [3.63, 3.8) is 0 Å². The molecule has 0 fully saturated rings. The predicted molar refractivity (Wildman–Crippen MR) is 51.4 cm³/mol. The van der Waals surface area contributed by atoms with Crippen LogP contribution in [0.2, 0.25) is 10.0 Å². The molecule has 12 heavy (non-hydrogen) atoms. The largest absolute Gasteiger partial charge is 0.298 e. The van der Waals surface area contributed by atoms with Crippen LogP contribution < -0.4 is 0 Å². The molecule has 0 saturated heterocycles. The number of halogens is 2. The summed E-state index contributed by atoms with van der Waals surface area (Å²) in [4.78, 5) is 14.5. The Morgan fingerprint density at radius 1 is 1.58 bits per heavy atom.